The summed E-state index contributed by atoms with van der Waals surface area (Å²) in [6.07, 6.45) is 0. The lowest BCUT2D eigenvalue weighted by Crippen LogP contribution is -2.04. The molecule has 3 rings (SSSR count). The van der Waals surface area contributed by atoms with Gasteiger partial charge >= 0.3 is 0 Å². The molecule has 0 fully saturated rings. The second-order valence-electron chi connectivity index (χ2n) is 5.12. The van der Waals surface area contributed by atoms with Gasteiger partial charge in [0.1, 0.15) is 12.4 Å². The van der Waals surface area contributed by atoms with E-state index in [1.54, 1.807) is 11.8 Å². The van der Waals surface area contributed by atoms with Gasteiger partial charge in [-0.2, -0.15) is 0 Å². The van der Waals surface area contributed by atoms with Crippen LogP contribution in [0.4, 0.5) is 0 Å². The molecular weight excluding hydrogens is 454 g/mol. The van der Waals surface area contributed by atoms with Gasteiger partial charge in [-0.3, -0.25) is 0 Å². The molecule has 0 saturated carbocycles. The van der Waals surface area contributed by atoms with Crippen LogP contribution >= 0.6 is 43.6 Å². The average molecular weight is 469 g/mol. The molecule has 3 aromatic rings. The molecule has 0 aliphatic rings. The van der Waals surface area contributed by atoms with E-state index in [0.717, 1.165) is 31.4 Å². The number of aromatic nitrogens is 3. The SMILES string of the molecule is Cn1c(COc2ccc(Br)cc2)nnc1SCc1ccc(Br)cc1. The molecule has 0 bridgehead atoms. The molecule has 4 nitrogen and oxygen atoms in total. The quantitative estimate of drug-likeness (QED) is 0.465. The van der Waals surface area contributed by atoms with Crippen molar-refractivity contribution in [2.24, 2.45) is 7.05 Å². The van der Waals surface area contributed by atoms with Gasteiger partial charge in [-0.1, -0.05) is 55.8 Å². The van der Waals surface area contributed by atoms with Gasteiger partial charge in [-0.15, -0.1) is 10.2 Å². The first kappa shape index (κ1) is 17.5. The van der Waals surface area contributed by atoms with E-state index in [1.807, 2.05) is 48.0 Å². The summed E-state index contributed by atoms with van der Waals surface area (Å²) in [5, 5.41) is 9.36. The first-order valence-electron chi connectivity index (χ1n) is 7.26. The van der Waals surface area contributed by atoms with E-state index in [2.05, 4.69) is 54.2 Å². The standard InChI is InChI=1S/C17H15Br2N3OS/c1-22-16(10-23-15-8-6-14(19)7-9-15)20-21-17(22)24-11-12-2-4-13(18)5-3-12/h2-9H,10-11H2,1H3. The maximum Gasteiger partial charge on any atom is 0.191 e. The molecule has 0 aliphatic carbocycles. The van der Waals surface area contributed by atoms with Crippen LogP contribution in [0.1, 0.15) is 11.4 Å². The number of nitrogens with zero attached hydrogens (tertiary/aromatic N) is 3. The minimum Gasteiger partial charge on any atom is -0.486 e. The van der Waals surface area contributed by atoms with E-state index < -0.39 is 0 Å². The predicted molar refractivity (Wildman–Crippen MR) is 103 cm³/mol. The molecule has 0 unspecified atom stereocenters. The van der Waals surface area contributed by atoms with Gasteiger partial charge in [0.05, 0.1) is 0 Å². The number of benzene rings is 2. The zero-order chi connectivity index (χ0) is 16.9. The van der Waals surface area contributed by atoms with E-state index in [-0.39, 0.29) is 0 Å². The average Bonchev–Trinajstić information content (AvgIpc) is 2.94. The van der Waals surface area contributed by atoms with Crippen LogP contribution in [0.15, 0.2) is 62.6 Å². The van der Waals surface area contributed by atoms with E-state index in [0.29, 0.717) is 6.61 Å². The minimum absolute atomic E-state index is 0.393. The fourth-order valence-electron chi connectivity index (χ4n) is 2.00. The monoisotopic (exact) mass is 467 g/mol. The Morgan fingerprint density at radius 1 is 0.958 bits per heavy atom. The highest BCUT2D eigenvalue weighted by atomic mass is 79.9. The molecule has 1 aromatic heterocycles. The number of ether oxygens (including phenoxy) is 1. The van der Waals surface area contributed by atoms with Crippen molar-refractivity contribution in [1.82, 2.24) is 14.8 Å². The van der Waals surface area contributed by atoms with Crippen molar-refractivity contribution >= 4 is 43.6 Å². The van der Waals surface area contributed by atoms with Gasteiger partial charge in [0, 0.05) is 21.7 Å². The van der Waals surface area contributed by atoms with Gasteiger partial charge in [-0.05, 0) is 42.0 Å². The second-order valence-corrected chi connectivity index (χ2v) is 7.89. The number of rotatable bonds is 6. The summed E-state index contributed by atoms with van der Waals surface area (Å²) in [6, 6.07) is 16.0. The molecule has 24 heavy (non-hydrogen) atoms. The molecule has 0 atom stereocenters. The van der Waals surface area contributed by atoms with Crippen molar-refractivity contribution in [3.05, 3.63) is 68.9 Å². The lowest BCUT2D eigenvalue weighted by Gasteiger charge is -2.07. The Bertz CT molecular complexity index is 737. The van der Waals surface area contributed by atoms with Gasteiger partial charge in [0.15, 0.2) is 11.0 Å². The van der Waals surface area contributed by atoms with Crippen LogP contribution in [0.25, 0.3) is 0 Å². The first-order valence-corrected chi connectivity index (χ1v) is 9.83. The number of halogens is 2. The molecular formula is C17H15Br2N3OS. The van der Waals surface area contributed by atoms with Crippen LogP contribution in [0.2, 0.25) is 0 Å². The van der Waals surface area contributed by atoms with E-state index in [9.17, 15) is 0 Å². The number of thioether (sulfide) groups is 1. The Hall–Kier alpha value is -1.31. The fraction of sp³-hybridized carbons (Fsp3) is 0.176. The second kappa shape index (κ2) is 8.18. The van der Waals surface area contributed by atoms with E-state index in [4.69, 9.17) is 4.74 Å². The third kappa shape index (κ3) is 4.62. The van der Waals surface area contributed by atoms with Crippen LogP contribution in [0.5, 0.6) is 5.75 Å². The topological polar surface area (TPSA) is 39.9 Å². The molecule has 0 radical (unpaired) electrons. The smallest absolute Gasteiger partial charge is 0.191 e. The Kier molecular flexibility index (Phi) is 5.97. The Morgan fingerprint density at radius 2 is 1.58 bits per heavy atom. The Labute approximate surface area is 161 Å². The predicted octanol–water partition coefficient (Wildman–Crippen LogP) is 5.21. The third-order valence-corrected chi connectivity index (χ3v) is 5.54. The van der Waals surface area contributed by atoms with Crippen molar-refractivity contribution in [2.45, 2.75) is 17.5 Å². The van der Waals surface area contributed by atoms with Crippen molar-refractivity contribution < 1.29 is 4.74 Å². The summed E-state index contributed by atoms with van der Waals surface area (Å²) in [7, 11) is 1.96. The summed E-state index contributed by atoms with van der Waals surface area (Å²) in [5.74, 6) is 2.47. The lowest BCUT2D eigenvalue weighted by molar-refractivity contribution is 0.290. The lowest BCUT2D eigenvalue weighted by atomic mass is 10.2. The number of hydrogen-bond acceptors (Lipinski definition) is 4. The zero-order valence-corrected chi connectivity index (χ0v) is 16.9. The summed E-state index contributed by atoms with van der Waals surface area (Å²) in [6.45, 7) is 0.393. The number of hydrogen-bond donors (Lipinski definition) is 0. The largest absolute Gasteiger partial charge is 0.486 e. The van der Waals surface area contributed by atoms with Gasteiger partial charge in [0.25, 0.3) is 0 Å². The maximum absolute atomic E-state index is 5.76. The maximum atomic E-state index is 5.76. The van der Waals surface area contributed by atoms with Crippen LogP contribution in [-0.4, -0.2) is 14.8 Å². The molecule has 7 heteroatoms. The Morgan fingerprint density at radius 3 is 2.25 bits per heavy atom. The van der Waals surface area contributed by atoms with E-state index in [1.165, 1.54) is 5.56 Å². The molecule has 1 heterocycles. The zero-order valence-electron chi connectivity index (χ0n) is 12.9. The van der Waals surface area contributed by atoms with Crippen molar-refractivity contribution in [3.8, 4) is 5.75 Å². The normalized spacial score (nSPS) is 10.8. The van der Waals surface area contributed by atoms with Crippen LogP contribution in [0.3, 0.4) is 0 Å². The highest BCUT2D eigenvalue weighted by Gasteiger charge is 2.10. The summed E-state index contributed by atoms with van der Waals surface area (Å²) >= 11 is 8.52. The molecule has 0 spiro atoms. The molecule has 0 saturated heterocycles. The van der Waals surface area contributed by atoms with Crippen LogP contribution < -0.4 is 4.74 Å². The third-order valence-electron chi connectivity index (χ3n) is 3.39. The van der Waals surface area contributed by atoms with Crippen molar-refractivity contribution in [3.63, 3.8) is 0 Å². The van der Waals surface area contributed by atoms with Gasteiger partial charge in [-0.25, -0.2) is 0 Å². The fourth-order valence-corrected chi connectivity index (χ4v) is 3.42. The summed E-state index contributed by atoms with van der Waals surface area (Å²) in [5.41, 5.74) is 1.25. The van der Waals surface area contributed by atoms with E-state index >= 15 is 0 Å². The molecule has 0 N–H and O–H groups in total. The van der Waals surface area contributed by atoms with Crippen LogP contribution in [-0.2, 0) is 19.4 Å². The van der Waals surface area contributed by atoms with Gasteiger partial charge < -0.3 is 9.30 Å². The van der Waals surface area contributed by atoms with Gasteiger partial charge in [0.2, 0.25) is 0 Å². The first-order chi connectivity index (χ1) is 11.6. The highest BCUT2D eigenvalue weighted by Crippen LogP contribution is 2.23. The summed E-state index contributed by atoms with van der Waals surface area (Å²) < 4.78 is 9.85. The summed E-state index contributed by atoms with van der Waals surface area (Å²) in [4.78, 5) is 0. The molecule has 0 amide bonds. The van der Waals surface area contributed by atoms with Crippen molar-refractivity contribution in [2.75, 3.05) is 0 Å². The Balaban J connectivity index is 1.58. The minimum atomic E-state index is 0.393. The molecule has 2 aromatic carbocycles. The highest BCUT2D eigenvalue weighted by molar-refractivity contribution is 9.10. The molecule has 0 aliphatic heterocycles. The van der Waals surface area contributed by atoms with Crippen molar-refractivity contribution in [1.29, 1.82) is 0 Å². The molecule has 124 valence electrons. The van der Waals surface area contributed by atoms with Crippen LogP contribution in [0, 0.1) is 0 Å².